The molecule has 0 unspecified atom stereocenters. The molecule has 172 valence electrons. The Hall–Kier alpha value is -2.27. The van der Waals surface area contributed by atoms with Gasteiger partial charge in [0.1, 0.15) is 12.3 Å². The number of hydrogen-bond donors (Lipinski definition) is 1. The van der Waals surface area contributed by atoms with E-state index in [1.807, 2.05) is 0 Å². The van der Waals surface area contributed by atoms with E-state index in [1.165, 1.54) is 27.4 Å². The SMILES string of the molecule is CCN(CC)S(=O)(=O)c1ccc(Oc2ccc(Cl)cc2)c(NC(=O)CN2CCSC2=O)c1. The maximum absolute atomic E-state index is 13.0. The average Bonchev–Trinajstić information content (AvgIpc) is 3.15. The van der Waals surface area contributed by atoms with E-state index < -0.39 is 15.9 Å². The van der Waals surface area contributed by atoms with Gasteiger partial charge < -0.3 is 15.0 Å². The second-order valence-corrected chi connectivity index (χ2v) is 10.3. The molecule has 2 amide bonds. The number of sulfonamides is 1. The molecule has 1 aliphatic rings. The van der Waals surface area contributed by atoms with Crippen LogP contribution in [-0.4, -0.2) is 60.7 Å². The van der Waals surface area contributed by atoms with Crippen LogP contribution in [0.25, 0.3) is 0 Å². The highest BCUT2D eigenvalue weighted by atomic mass is 35.5. The number of anilines is 1. The van der Waals surface area contributed by atoms with Crippen LogP contribution >= 0.6 is 23.4 Å². The molecule has 1 fully saturated rings. The Morgan fingerprint density at radius 2 is 1.88 bits per heavy atom. The fourth-order valence-electron chi connectivity index (χ4n) is 3.13. The lowest BCUT2D eigenvalue weighted by Crippen LogP contribution is -2.33. The van der Waals surface area contributed by atoms with Gasteiger partial charge in [0.2, 0.25) is 15.9 Å². The van der Waals surface area contributed by atoms with Crippen LogP contribution in [0.1, 0.15) is 13.8 Å². The van der Waals surface area contributed by atoms with Gasteiger partial charge in [-0.3, -0.25) is 9.59 Å². The zero-order valence-corrected chi connectivity index (χ0v) is 20.1. The highest BCUT2D eigenvalue weighted by molar-refractivity contribution is 8.13. The highest BCUT2D eigenvalue weighted by Gasteiger charge is 2.26. The Morgan fingerprint density at radius 1 is 1.19 bits per heavy atom. The Bertz CT molecular complexity index is 1090. The maximum atomic E-state index is 13.0. The second kappa shape index (κ2) is 10.6. The van der Waals surface area contributed by atoms with E-state index in [9.17, 15) is 18.0 Å². The second-order valence-electron chi connectivity index (χ2n) is 6.89. The first-order valence-electron chi connectivity index (χ1n) is 10.0. The summed E-state index contributed by atoms with van der Waals surface area (Å²) in [5.74, 6) is 0.921. The first-order valence-corrected chi connectivity index (χ1v) is 12.8. The average molecular weight is 498 g/mol. The van der Waals surface area contributed by atoms with Crippen molar-refractivity contribution in [3.05, 3.63) is 47.5 Å². The van der Waals surface area contributed by atoms with Crippen LogP contribution in [0.2, 0.25) is 5.02 Å². The fourth-order valence-corrected chi connectivity index (χ4v) is 5.57. The number of benzene rings is 2. The monoisotopic (exact) mass is 497 g/mol. The van der Waals surface area contributed by atoms with Crippen molar-refractivity contribution >= 4 is 50.2 Å². The van der Waals surface area contributed by atoms with Crippen molar-refractivity contribution in [2.75, 3.05) is 37.2 Å². The van der Waals surface area contributed by atoms with Crippen LogP contribution in [0.3, 0.4) is 0 Å². The van der Waals surface area contributed by atoms with Gasteiger partial charge in [0.25, 0.3) is 5.24 Å². The van der Waals surface area contributed by atoms with E-state index in [2.05, 4.69) is 5.32 Å². The standard InChI is InChI=1S/C21H24ClN3O5S2/c1-3-25(4-2)32(28,29)17-9-10-19(30-16-7-5-15(22)6-8-16)18(13-17)23-20(26)14-24-11-12-31-21(24)27/h5-10,13H,3-4,11-12,14H2,1-2H3,(H,23,26). The van der Waals surface area contributed by atoms with E-state index in [4.69, 9.17) is 16.3 Å². The number of nitrogens with zero attached hydrogens (tertiary/aromatic N) is 2. The normalized spacial score (nSPS) is 14.1. The van der Waals surface area contributed by atoms with Gasteiger partial charge >= 0.3 is 0 Å². The molecular weight excluding hydrogens is 474 g/mol. The zero-order chi connectivity index (χ0) is 23.3. The highest BCUT2D eigenvalue weighted by Crippen LogP contribution is 2.33. The molecule has 0 atom stereocenters. The fraction of sp³-hybridized carbons (Fsp3) is 0.333. The molecule has 32 heavy (non-hydrogen) atoms. The Kier molecular flexibility index (Phi) is 8.05. The molecule has 0 bridgehead atoms. The lowest BCUT2D eigenvalue weighted by Gasteiger charge is -2.20. The summed E-state index contributed by atoms with van der Waals surface area (Å²) in [7, 11) is -3.74. The van der Waals surface area contributed by atoms with E-state index in [0.29, 0.717) is 36.2 Å². The molecule has 2 aromatic rings. The van der Waals surface area contributed by atoms with Crippen LogP contribution in [0.5, 0.6) is 11.5 Å². The van der Waals surface area contributed by atoms with E-state index in [0.717, 1.165) is 11.8 Å². The molecule has 0 spiro atoms. The molecule has 11 heteroatoms. The summed E-state index contributed by atoms with van der Waals surface area (Å²) >= 11 is 7.08. The van der Waals surface area contributed by atoms with Crippen molar-refractivity contribution in [1.29, 1.82) is 0 Å². The third kappa shape index (κ3) is 5.74. The van der Waals surface area contributed by atoms with Crippen molar-refractivity contribution in [1.82, 2.24) is 9.21 Å². The Morgan fingerprint density at radius 3 is 2.47 bits per heavy atom. The summed E-state index contributed by atoms with van der Waals surface area (Å²) in [5.41, 5.74) is 0.192. The van der Waals surface area contributed by atoms with Gasteiger partial charge in [-0.15, -0.1) is 0 Å². The van der Waals surface area contributed by atoms with Crippen molar-refractivity contribution in [2.24, 2.45) is 0 Å². The van der Waals surface area contributed by atoms with Crippen molar-refractivity contribution in [3.8, 4) is 11.5 Å². The third-order valence-electron chi connectivity index (χ3n) is 4.79. The van der Waals surface area contributed by atoms with Crippen LogP contribution in [0, 0.1) is 0 Å². The van der Waals surface area contributed by atoms with Crippen LogP contribution in [-0.2, 0) is 14.8 Å². The molecule has 1 heterocycles. The summed E-state index contributed by atoms with van der Waals surface area (Å²) in [6, 6.07) is 10.9. The molecule has 8 nitrogen and oxygen atoms in total. The first-order chi connectivity index (χ1) is 15.2. The van der Waals surface area contributed by atoms with Gasteiger partial charge in [0.15, 0.2) is 5.75 Å². The number of rotatable bonds is 9. The van der Waals surface area contributed by atoms with Gasteiger partial charge in [-0.1, -0.05) is 37.2 Å². The van der Waals surface area contributed by atoms with Crippen LogP contribution in [0.4, 0.5) is 10.5 Å². The molecule has 0 aromatic heterocycles. The predicted molar refractivity (Wildman–Crippen MR) is 126 cm³/mol. The van der Waals surface area contributed by atoms with Crippen molar-refractivity contribution in [3.63, 3.8) is 0 Å². The summed E-state index contributed by atoms with van der Waals surface area (Å²) in [4.78, 5) is 25.9. The molecule has 1 N–H and O–H groups in total. The smallest absolute Gasteiger partial charge is 0.282 e. The van der Waals surface area contributed by atoms with Gasteiger partial charge in [-0.2, -0.15) is 4.31 Å². The summed E-state index contributed by atoms with van der Waals surface area (Å²) in [6.45, 7) is 4.51. The number of hydrogen-bond acceptors (Lipinski definition) is 6. The quantitative estimate of drug-likeness (QED) is 0.555. The number of ether oxygens (including phenoxy) is 1. The number of halogens is 1. The molecule has 0 aliphatic carbocycles. The largest absolute Gasteiger partial charge is 0.455 e. The van der Waals surface area contributed by atoms with Gasteiger partial charge in [0.05, 0.1) is 10.6 Å². The topological polar surface area (TPSA) is 96.0 Å². The van der Waals surface area contributed by atoms with Crippen LogP contribution < -0.4 is 10.1 Å². The molecule has 0 radical (unpaired) electrons. The minimum Gasteiger partial charge on any atom is -0.455 e. The molecule has 3 rings (SSSR count). The minimum atomic E-state index is -3.74. The summed E-state index contributed by atoms with van der Waals surface area (Å²) in [5, 5.41) is 3.09. The van der Waals surface area contributed by atoms with E-state index >= 15 is 0 Å². The van der Waals surface area contributed by atoms with Gasteiger partial charge in [-0.05, 0) is 42.5 Å². The first kappa shape index (κ1) is 24.4. The van der Waals surface area contributed by atoms with E-state index in [1.54, 1.807) is 38.1 Å². The van der Waals surface area contributed by atoms with Crippen LogP contribution in [0.15, 0.2) is 47.4 Å². The number of carbonyl (C=O) groups excluding carboxylic acids is 2. The molecular formula is C21H24ClN3O5S2. The lowest BCUT2D eigenvalue weighted by atomic mass is 10.2. The summed E-state index contributed by atoms with van der Waals surface area (Å²) in [6.07, 6.45) is 0. The van der Waals surface area contributed by atoms with Gasteiger partial charge in [-0.25, -0.2) is 8.42 Å². The molecule has 0 saturated carbocycles. The number of thioether (sulfide) groups is 1. The minimum absolute atomic E-state index is 0.0350. The zero-order valence-electron chi connectivity index (χ0n) is 17.7. The molecule has 1 aliphatic heterocycles. The molecule has 1 saturated heterocycles. The Labute approximate surface area is 196 Å². The number of carbonyl (C=O) groups is 2. The lowest BCUT2D eigenvalue weighted by molar-refractivity contribution is -0.116. The summed E-state index contributed by atoms with van der Waals surface area (Å²) < 4.78 is 33.1. The number of nitrogens with one attached hydrogen (secondary N) is 1. The maximum Gasteiger partial charge on any atom is 0.282 e. The van der Waals surface area contributed by atoms with Crippen molar-refractivity contribution < 1.29 is 22.7 Å². The predicted octanol–water partition coefficient (Wildman–Crippen LogP) is 4.27. The third-order valence-corrected chi connectivity index (χ3v) is 7.98. The molecule has 2 aromatic carbocycles. The number of amides is 2. The van der Waals surface area contributed by atoms with E-state index in [-0.39, 0.29) is 28.1 Å². The van der Waals surface area contributed by atoms with Crippen molar-refractivity contribution in [2.45, 2.75) is 18.7 Å². The van der Waals surface area contributed by atoms with Gasteiger partial charge in [0, 0.05) is 30.4 Å². The Balaban J connectivity index is 1.92.